The number of carbonyl (C=O) groups excluding carboxylic acids is 3. The molecule has 0 atom stereocenters. The zero-order valence-electron chi connectivity index (χ0n) is 15.4. The van der Waals surface area contributed by atoms with Crippen molar-refractivity contribution in [2.75, 3.05) is 11.9 Å². The minimum Gasteiger partial charge on any atom is -0.325 e. The predicted octanol–water partition coefficient (Wildman–Crippen LogP) is 3.66. The molecule has 0 saturated heterocycles. The van der Waals surface area contributed by atoms with E-state index in [1.807, 2.05) is 31.4 Å². The third-order valence-corrected chi connectivity index (χ3v) is 5.28. The quantitative estimate of drug-likeness (QED) is 0.689. The van der Waals surface area contributed by atoms with E-state index in [9.17, 15) is 14.4 Å². The van der Waals surface area contributed by atoms with Gasteiger partial charge in [-0.2, -0.15) is 0 Å². The molecular formula is C21H17N3O3S. The first-order valence-corrected chi connectivity index (χ1v) is 9.59. The van der Waals surface area contributed by atoms with Crippen LogP contribution in [0.15, 0.2) is 47.8 Å². The van der Waals surface area contributed by atoms with E-state index < -0.39 is 17.7 Å². The van der Waals surface area contributed by atoms with Crippen LogP contribution in [0.5, 0.6) is 0 Å². The number of aromatic nitrogens is 1. The van der Waals surface area contributed by atoms with Crippen LogP contribution in [0.3, 0.4) is 0 Å². The molecule has 4 rings (SSSR count). The molecule has 2 heterocycles. The van der Waals surface area contributed by atoms with Gasteiger partial charge in [0.05, 0.1) is 21.8 Å². The highest BCUT2D eigenvalue weighted by Gasteiger charge is 2.36. The molecule has 0 radical (unpaired) electrons. The molecule has 1 aliphatic heterocycles. The first-order valence-electron chi connectivity index (χ1n) is 8.71. The van der Waals surface area contributed by atoms with Gasteiger partial charge < -0.3 is 5.32 Å². The molecule has 1 aromatic heterocycles. The number of hydrogen-bond donors (Lipinski definition) is 1. The maximum Gasteiger partial charge on any atom is 0.262 e. The van der Waals surface area contributed by atoms with E-state index in [4.69, 9.17) is 0 Å². The minimum atomic E-state index is -0.440. The van der Waals surface area contributed by atoms with Crippen molar-refractivity contribution in [3.63, 3.8) is 0 Å². The maximum atomic E-state index is 12.5. The molecular weight excluding hydrogens is 374 g/mol. The van der Waals surface area contributed by atoms with Crippen LogP contribution in [-0.2, 0) is 4.79 Å². The smallest absolute Gasteiger partial charge is 0.262 e. The zero-order chi connectivity index (χ0) is 19.8. The summed E-state index contributed by atoms with van der Waals surface area (Å²) in [6.07, 6.45) is 0. The third kappa shape index (κ3) is 3.32. The number of fused-ring (bicyclic) bond motifs is 1. The average molecular weight is 391 g/mol. The second-order valence-electron chi connectivity index (χ2n) is 6.62. The van der Waals surface area contributed by atoms with Crippen molar-refractivity contribution < 1.29 is 14.4 Å². The maximum absolute atomic E-state index is 12.5. The van der Waals surface area contributed by atoms with Gasteiger partial charge in [-0.05, 0) is 38.1 Å². The van der Waals surface area contributed by atoms with Crippen LogP contribution in [0.4, 0.5) is 5.69 Å². The van der Waals surface area contributed by atoms with Gasteiger partial charge in [-0.25, -0.2) is 4.98 Å². The van der Waals surface area contributed by atoms with E-state index in [-0.39, 0.29) is 6.54 Å². The average Bonchev–Trinajstić information content (AvgIpc) is 3.20. The molecule has 28 heavy (non-hydrogen) atoms. The minimum absolute atomic E-state index is 0.321. The number of amides is 3. The zero-order valence-corrected chi connectivity index (χ0v) is 16.2. The molecule has 0 spiro atoms. The Balaban J connectivity index is 1.44. The van der Waals surface area contributed by atoms with Gasteiger partial charge in [0.25, 0.3) is 11.8 Å². The molecule has 3 amide bonds. The first-order chi connectivity index (χ1) is 13.4. The second-order valence-corrected chi connectivity index (χ2v) is 7.69. The lowest BCUT2D eigenvalue weighted by atomic mass is 10.1. The van der Waals surface area contributed by atoms with Gasteiger partial charge in [-0.3, -0.25) is 19.3 Å². The number of rotatable bonds is 4. The van der Waals surface area contributed by atoms with Crippen molar-refractivity contribution in [3.8, 4) is 11.3 Å². The third-order valence-electron chi connectivity index (χ3n) is 4.51. The fourth-order valence-electron chi connectivity index (χ4n) is 3.11. The summed E-state index contributed by atoms with van der Waals surface area (Å²) in [5, 5.41) is 5.70. The fourth-order valence-corrected chi connectivity index (χ4v) is 3.73. The Morgan fingerprint density at radius 2 is 1.75 bits per heavy atom. The summed E-state index contributed by atoms with van der Waals surface area (Å²) in [4.78, 5) is 42.7. The molecule has 3 aromatic rings. The highest BCUT2D eigenvalue weighted by atomic mass is 32.1. The summed E-state index contributed by atoms with van der Waals surface area (Å²) in [5.74, 6) is -1.30. The first kappa shape index (κ1) is 18.1. The van der Waals surface area contributed by atoms with E-state index in [2.05, 4.69) is 10.3 Å². The standard InChI is InChI=1S/C21H17N3O3S/c1-12-3-8-16-17(9-12)21(27)24(20(16)26)10-19(25)23-15-6-4-14(5-7-15)18-11-28-13(2)22-18/h3-9,11H,10H2,1-2H3,(H,23,25). The Bertz CT molecular complexity index is 1100. The molecule has 1 aliphatic rings. The van der Waals surface area contributed by atoms with E-state index >= 15 is 0 Å². The highest BCUT2D eigenvalue weighted by molar-refractivity contribution is 7.09. The van der Waals surface area contributed by atoms with Crippen LogP contribution < -0.4 is 5.32 Å². The van der Waals surface area contributed by atoms with Gasteiger partial charge in [0.15, 0.2) is 0 Å². The Labute approximate surface area is 165 Å². The Hall–Kier alpha value is -3.32. The highest BCUT2D eigenvalue weighted by Crippen LogP contribution is 2.25. The normalized spacial score (nSPS) is 13.0. The van der Waals surface area contributed by atoms with E-state index in [0.29, 0.717) is 16.8 Å². The number of nitrogens with one attached hydrogen (secondary N) is 1. The number of benzene rings is 2. The predicted molar refractivity (Wildman–Crippen MR) is 107 cm³/mol. The van der Waals surface area contributed by atoms with Gasteiger partial charge in [-0.15, -0.1) is 11.3 Å². The lowest BCUT2D eigenvalue weighted by Crippen LogP contribution is -2.37. The second kappa shape index (κ2) is 7.01. The van der Waals surface area contributed by atoms with Gasteiger partial charge in [0.2, 0.25) is 5.91 Å². The van der Waals surface area contributed by atoms with Crippen LogP contribution in [0.2, 0.25) is 0 Å². The van der Waals surface area contributed by atoms with Crippen LogP contribution in [0, 0.1) is 13.8 Å². The number of imide groups is 1. The van der Waals surface area contributed by atoms with Crippen molar-refractivity contribution in [2.45, 2.75) is 13.8 Å². The van der Waals surface area contributed by atoms with Crippen molar-refractivity contribution >= 4 is 34.7 Å². The number of anilines is 1. The van der Waals surface area contributed by atoms with E-state index in [1.54, 1.807) is 41.7 Å². The Kier molecular flexibility index (Phi) is 4.52. The molecule has 6 nitrogen and oxygen atoms in total. The lowest BCUT2D eigenvalue weighted by Gasteiger charge is -2.13. The lowest BCUT2D eigenvalue weighted by molar-refractivity contribution is -0.116. The molecule has 2 aromatic carbocycles. The number of hydrogen-bond acceptors (Lipinski definition) is 5. The largest absolute Gasteiger partial charge is 0.325 e. The van der Waals surface area contributed by atoms with Crippen LogP contribution in [0.1, 0.15) is 31.3 Å². The number of carbonyl (C=O) groups is 3. The van der Waals surface area contributed by atoms with E-state index in [0.717, 1.165) is 26.7 Å². The van der Waals surface area contributed by atoms with Crippen LogP contribution in [-0.4, -0.2) is 34.2 Å². The van der Waals surface area contributed by atoms with Crippen LogP contribution >= 0.6 is 11.3 Å². The van der Waals surface area contributed by atoms with Gasteiger partial charge in [0.1, 0.15) is 6.54 Å². The SMILES string of the molecule is Cc1ccc2c(c1)C(=O)N(CC(=O)Nc1ccc(-c3csc(C)n3)cc1)C2=O. The van der Waals surface area contributed by atoms with Crippen molar-refractivity contribution in [1.82, 2.24) is 9.88 Å². The van der Waals surface area contributed by atoms with Gasteiger partial charge >= 0.3 is 0 Å². The van der Waals surface area contributed by atoms with Crippen molar-refractivity contribution in [1.29, 1.82) is 0 Å². The molecule has 140 valence electrons. The molecule has 0 bridgehead atoms. The Morgan fingerprint density at radius 1 is 1.04 bits per heavy atom. The molecule has 0 fully saturated rings. The number of aryl methyl sites for hydroxylation is 2. The summed E-state index contributed by atoms with van der Waals surface area (Å²) in [5.41, 5.74) is 4.02. The monoisotopic (exact) mass is 391 g/mol. The molecule has 0 unspecified atom stereocenters. The van der Waals surface area contributed by atoms with Crippen molar-refractivity contribution in [2.24, 2.45) is 0 Å². The molecule has 0 saturated carbocycles. The van der Waals surface area contributed by atoms with Crippen molar-refractivity contribution in [3.05, 3.63) is 69.5 Å². The molecule has 0 aliphatic carbocycles. The number of nitrogens with zero attached hydrogens (tertiary/aromatic N) is 2. The van der Waals surface area contributed by atoms with Gasteiger partial charge in [0, 0.05) is 16.6 Å². The molecule has 7 heteroatoms. The Morgan fingerprint density at radius 3 is 2.43 bits per heavy atom. The topological polar surface area (TPSA) is 79.4 Å². The summed E-state index contributed by atoms with van der Waals surface area (Å²) in [7, 11) is 0. The molecule has 1 N–H and O–H groups in total. The summed E-state index contributed by atoms with van der Waals surface area (Å²) in [6, 6.07) is 12.4. The fraction of sp³-hybridized carbons (Fsp3) is 0.143. The van der Waals surface area contributed by atoms with E-state index in [1.165, 1.54) is 0 Å². The van der Waals surface area contributed by atoms with Gasteiger partial charge in [-0.1, -0.05) is 23.8 Å². The summed E-state index contributed by atoms with van der Waals surface area (Å²) >= 11 is 1.58. The van der Waals surface area contributed by atoms with Crippen LogP contribution in [0.25, 0.3) is 11.3 Å². The summed E-state index contributed by atoms with van der Waals surface area (Å²) < 4.78 is 0. The summed E-state index contributed by atoms with van der Waals surface area (Å²) in [6.45, 7) is 3.48. The number of thiazole rings is 1.